The fourth-order valence-electron chi connectivity index (χ4n) is 4.99. The molecule has 2 fully saturated rings. The number of carbonyl (C=O) groups excluding carboxylic acids is 4. The number of likely N-dealkylation sites (tertiary alicyclic amines) is 1. The van der Waals surface area contributed by atoms with E-state index in [1.54, 1.807) is 24.3 Å². The number of primary amides is 2. The van der Waals surface area contributed by atoms with Crippen LogP contribution in [0.2, 0.25) is 0 Å². The summed E-state index contributed by atoms with van der Waals surface area (Å²) in [5, 5.41) is 0. The smallest absolute Gasteiger partial charge is 0.253 e. The van der Waals surface area contributed by atoms with Crippen LogP contribution < -0.4 is 11.5 Å². The third-order valence-electron chi connectivity index (χ3n) is 7.33. The van der Waals surface area contributed by atoms with E-state index in [1.165, 1.54) is 51.4 Å². The molecular formula is C30H48N4O4. The Balaban J connectivity index is 0.000000281. The van der Waals surface area contributed by atoms with Crippen molar-refractivity contribution in [2.45, 2.75) is 103 Å². The third-order valence-corrected chi connectivity index (χ3v) is 7.33. The molecule has 8 heteroatoms. The Kier molecular flexibility index (Phi) is 15.1. The first-order chi connectivity index (χ1) is 18.4. The maximum Gasteiger partial charge on any atom is 0.253 e. The minimum absolute atomic E-state index is 0.0651. The number of hydrogen-bond acceptors (Lipinski definition) is 4. The topological polar surface area (TPSA) is 127 Å². The molecule has 1 aromatic carbocycles. The minimum Gasteiger partial charge on any atom is -0.370 e. The minimum atomic E-state index is -0.464. The van der Waals surface area contributed by atoms with Crippen LogP contribution in [0.4, 0.5) is 0 Å². The van der Waals surface area contributed by atoms with E-state index in [2.05, 4.69) is 0 Å². The molecule has 0 aromatic heterocycles. The summed E-state index contributed by atoms with van der Waals surface area (Å²) in [6.07, 6.45) is 16.9. The van der Waals surface area contributed by atoms with E-state index < -0.39 is 5.91 Å². The number of amides is 4. The second kappa shape index (κ2) is 18.4. The summed E-state index contributed by atoms with van der Waals surface area (Å²) in [5.74, 6) is -0.432. The molecular weight excluding hydrogens is 480 g/mol. The molecule has 2 heterocycles. The highest BCUT2D eigenvalue weighted by molar-refractivity contribution is 5.97. The normalized spacial score (nSPS) is 17.3. The fourth-order valence-corrected chi connectivity index (χ4v) is 4.99. The molecule has 1 aromatic rings. The van der Waals surface area contributed by atoms with Crippen LogP contribution in [0.15, 0.2) is 24.3 Å². The molecule has 2 saturated heterocycles. The van der Waals surface area contributed by atoms with Crippen molar-refractivity contribution >= 4 is 23.6 Å². The monoisotopic (exact) mass is 528 g/mol. The zero-order chi connectivity index (χ0) is 27.6. The van der Waals surface area contributed by atoms with Gasteiger partial charge in [-0.2, -0.15) is 0 Å². The molecule has 3 rings (SSSR count). The van der Waals surface area contributed by atoms with Crippen LogP contribution in [0, 0.1) is 0 Å². The van der Waals surface area contributed by atoms with E-state index in [1.807, 2.05) is 9.80 Å². The lowest BCUT2D eigenvalue weighted by Gasteiger charge is -2.22. The number of rotatable bonds is 7. The predicted octanol–water partition coefficient (Wildman–Crippen LogP) is 4.80. The van der Waals surface area contributed by atoms with Crippen molar-refractivity contribution in [3.63, 3.8) is 0 Å². The van der Waals surface area contributed by atoms with E-state index >= 15 is 0 Å². The Morgan fingerprint density at radius 3 is 1.39 bits per heavy atom. The van der Waals surface area contributed by atoms with E-state index in [0.29, 0.717) is 24.0 Å². The maximum atomic E-state index is 12.6. The molecule has 2 aliphatic heterocycles. The van der Waals surface area contributed by atoms with Gasteiger partial charge in [0.15, 0.2) is 0 Å². The fraction of sp³-hybridized carbons (Fsp3) is 0.667. The lowest BCUT2D eigenvalue weighted by molar-refractivity contribution is -0.131. The average Bonchev–Trinajstić information content (AvgIpc) is 3.23. The molecule has 2 aliphatic rings. The van der Waals surface area contributed by atoms with Gasteiger partial charge >= 0.3 is 0 Å². The number of nitrogens with zero attached hydrogens (tertiary/aromatic N) is 2. The lowest BCUT2D eigenvalue weighted by atomic mass is 10.1. The van der Waals surface area contributed by atoms with Gasteiger partial charge in [-0.15, -0.1) is 0 Å². The second-order valence-corrected chi connectivity index (χ2v) is 10.5. The van der Waals surface area contributed by atoms with Crippen molar-refractivity contribution in [1.82, 2.24) is 9.80 Å². The summed E-state index contributed by atoms with van der Waals surface area (Å²) in [6, 6.07) is 6.66. The van der Waals surface area contributed by atoms with Crippen LogP contribution in [0.3, 0.4) is 0 Å². The highest BCUT2D eigenvalue weighted by Gasteiger charge is 2.16. The Morgan fingerprint density at radius 2 is 0.947 bits per heavy atom. The van der Waals surface area contributed by atoms with Gasteiger partial charge in [-0.3, -0.25) is 19.2 Å². The Labute approximate surface area is 228 Å². The van der Waals surface area contributed by atoms with Crippen LogP contribution in [-0.4, -0.2) is 59.6 Å². The first kappa shape index (κ1) is 31.3. The summed E-state index contributed by atoms with van der Waals surface area (Å²) >= 11 is 0. The van der Waals surface area contributed by atoms with Crippen LogP contribution in [-0.2, 0) is 9.59 Å². The van der Waals surface area contributed by atoms with Crippen molar-refractivity contribution in [3.8, 4) is 0 Å². The van der Waals surface area contributed by atoms with E-state index in [9.17, 15) is 19.2 Å². The van der Waals surface area contributed by atoms with Crippen molar-refractivity contribution in [2.24, 2.45) is 11.5 Å². The molecule has 0 radical (unpaired) electrons. The number of nitrogens with two attached hydrogens (primary N) is 2. The standard InChI is InChI=1S/C18H26N2O2.C12H22N2O2/c19-17(21)15-9-11-16(12-10-15)18(22)20-13-7-5-3-1-2-4-6-8-14-20;13-11(15)7-3-4-8-12(16)14-9-5-1-2-6-10-14/h9-12H,1-8,13-14H2,(H2,19,21);1-10H2,(H2,13,15). The number of unbranched alkanes of at least 4 members (excludes halogenated alkanes) is 1. The summed E-state index contributed by atoms with van der Waals surface area (Å²) in [4.78, 5) is 50.0. The molecule has 4 amide bonds. The van der Waals surface area contributed by atoms with Gasteiger partial charge in [0.25, 0.3) is 5.91 Å². The Bertz CT molecular complexity index is 852. The van der Waals surface area contributed by atoms with E-state index in [-0.39, 0.29) is 17.7 Å². The van der Waals surface area contributed by atoms with Gasteiger partial charge in [-0.1, -0.05) is 51.4 Å². The largest absolute Gasteiger partial charge is 0.370 e. The van der Waals surface area contributed by atoms with Crippen LogP contribution in [0.25, 0.3) is 0 Å². The van der Waals surface area contributed by atoms with Gasteiger partial charge in [0.05, 0.1) is 0 Å². The Morgan fingerprint density at radius 1 is 0.553 bits per heavy atom. The third kappa shape index (κ3) is 12.6. The summed E-state index contributed by atoms with van der Waals surface area (Å²) in [6.45, 7) is 3.48. The number of hydrogen-bond donors (Lipinski definition) is 2. The van der Waals surface area contributed by atoms with Crippen molar-refractivity contribution < 1.29 is 19.2 Å². The zero-order valence-corrected chi connectivity index (χ0v) is 23.1. The zero-order valence-electron chi connectivity index (χ0n) is 23.1. The molecule has 4 N–H and O–H groups in total. The van der Waals surface area contributed by atoms with Gasteiger partial charge in [-0.25, -0.2) is 0 Å². The maximum absolute atomic E-state index is 12.6. The molecule has 8 nitrogen and oxygen atoms in total. The molecule has 212 valence electrons. The molecule has 0 bridgehead atoms. The van der Waals surface area contributed by atoms with Gasteiger partial charge in [0, 0.05) is 50.1 Å². The SMILES string of the molecule is NC(=O)CCCCC(=O)N1CCCCCC1.NC(=O)c1ccc(C(=O)N2CCCCCCCCCC2)cc1. The first-order valence-electron chi connectivity index (χ1n) is 14.6. The van der Waals surface area contributed by atoms with Gasteiger partial charge in [-0.05, 0) is 62.8 Å². The highest BCUT2D eigenvalue weighted by atomic mass is 16.2. The molecule has 38 heavy (non-hydrogen) atoms. The molecule has 0 atom stereocenters. The van der Waals surface area contributed by atoms with Gasteiger partial charge in [0.1, 0.15) is 0 Å². The molecule has 0 saturated carbocycles. The van der Waals surface area contributed by atoms with E-state index in [4.69, 9.17) is 11.5 Å². The molecule has 0 aliphatic carbocycles. The van der Waals surface area contributed by atoms with Gasteiger partial charge < -0.3 is 21.3 Å². The highest BCUT2D eigenvalue weighted by Crippen LogP contribution is 2.15. The van der Waals surface area contributed by atoms with Crippen LogP contribution >= 0.6 is 0 Å². The van der Waals surface area contributed by atoms with Crippen molar-refractivity contribution in [2.75, 3.05) is 26.2 Å². The summed E-state index contributed by atoms with van der Waals surface area (Å²) in [5.41, 5.74) is 11.3. The molecule has 0 spiro atoms. The summed E-state index contributed by atoms with van der Waals surface area (Å²) < 4.78 is 0. The van der Waals surface area contributed by atoms with Crippen molar-refractivity contribution in [3.05, 3.63) is 35.4 Å². The number of benzene rings is 1. The quantitative estimate of drug-likeness (QED) is 0.493. The van der Waals surface area contributed by atoms with Crippen LogP contribution in [0.5, 0.6) is 0 Å². The lowest BCUT2D eigenvalue weighted by Crippen LogP contribution is -2.33. The number of carbonyl (C=O) groups is 4. The summed E-state index contributed by atoms with van der Waals surface area (Å²) in [7, 11) is 0. The van der Waals surface area contributed by atoms with Crippen molar-refractivity contribution in [1.29, 1.82) is 0 Å². The predicted molar refractivity (Wildman–Crippen MR) is 151 cm³/mol. The second-order valence-electron chi connectivity index (χ2n) is 10.5. The first-order valence-corrected chi connectivity index (χ1v) is 14.6. The van der Waals surface area contributed by atoms with Gasteiger partial charge in [0.2, 0.25) is 17.7 Å². The Hall–Kier alpha value is -2.90. The molecule has 0 unspecified atom stereocenters. The average molecular weight is 529 g/mol. The van der Waals surface area contributed by atoms with E-state index in [0.717, 1.165) is 64.7 Å². The van der Waals surface area contributed by atoms with Crippen LogP contribution in [0.1, 0.15) is 123 Å².